The van der Waals surface area contributed by atoms with E-state index in [1.807, 2.05) is 13.8 Å². The molecule has 66 valence electrons. The largest absolute Gasteiger partial charge is 0.360 e. The van der Waals surface area contributed by atoms with Gasteiger partial charge in [-0.25, -0.2) is 0 Å². The summed E-state index contributed by atoms with van der Waals surface area (Å²) in [5, 5.41) is 6.25. The van der Waals surface area contributed by atoms with Gasteiger partial charge in [0.2, 0.25) is 5.91 Å². The molecule has 1 aromatic heterocycles. The van der Waals surface area contributed by atoms with Crippen LogP contribution in [0, 0.1) is 12.8 Å². The highest BCUT2D eigenvalue weighted by Crippen LogP contribution is 2.08. The average molecular weight is 168 g/mol. The molecule has 0 aromatic carbocycles. The van der Waals surface area contributed by atoms with Gasteiger partial charge in [-0.2, -0.15) is 0 Å². The molecular formula is C8H12N2O2. The number of carbonyl (C=O) groups is 1. The molecule has 1 rings (SSSR count). The molecule has 0 radical (unpaired) electrons. The molecule has 4 heteroatoms. The Morgan fingerprint density at radius 1 is 1.67 bits per heavy atom. The molecule has 0 fully saturated rings. The van der Waals surface area contributed by atoms with Crippen LogP contribution in [-0.2, 0) is 4.79 Å². The lowest BCUT2D eigenvalue weighted by atomic mass is 10.2. The number of nitrogens with one attached hydrogen (secondary N) is 1. The second-order valence-corrected chi connectivity index (χ2v) is 2.97. The van der Waals surface area contributed by atoms with E-state index in [2.05, 4.69) is 10.5 Å². The predicted molar refractivity (Wildman–Crippen MR) is 44.7 cm³/mol. The fourth-order valence-electron chi connectivity index (χ4n) is 0.696. The highest BCUT2D eigenvalue weighted by molar-refractivity contribution is 5.91. The molecule has 0 saturated carbocycles. The maximum Gasteiger partial charge on any atom is 0.228 e. The van der Waals surface area contributed by atoms with Crippen molar-refractivity contribution in [2.24, 2.45) is 5.92 Å². The Morgan fingerprint density at radius 2 is 2.33 bits per heavy atom. The number of aromatic nitrogens is 1. The molecule has 0 saturated heterocycles. The molecule has 0 spiro atoms. The molecule has 0 bridgehead atoms. The lowest BCUT2D eigenvalue weighted by molar-refractivity contribution is -0.118. The predicted octanol–water partition coefficient (Wildman–Crippen LogP) is 1.58. The molecule has 1 aromatic rings. The zero-order valence-electron chi connectivity index (χ0n) is 7.42. The van der Waals surface area contributed by atoms with Crippen molar-refractivity contribution < 1.29 is 9.32 Å². The summed E-state index contributed by atoms with van der Waals surface area (Å²) >= 11 is 0. The minimum Gasteiger partial charge on any atom is -0.360 e. The molecular weight excluding hydrogens is 156 g/mol. The van der Waals surface area contributed by atoms with Crippen LogP contribution < -0.4 is 5.32 Å². The van der Waals surface area contributed by atoms with Crippen LogP contribution in [0.15, 0.2) is 10.6 Å². The molecule has 1 amide bonds. The van der Waals surface area contributed by atoms with Crippen LogP contribution in [0.5, 0.6) is 0 Å². The summed E-state index contributed by atoms with van der Waals surface area (Å²) in [5.41, 5.74) is 0. The Kier molecular flexibility index (Phi) is 2.47. The second-order valence-electron chi connectivity index (χ2n) is 2.97. The van der Waals surface area contributed by atoms with E-state index in [0.717, 1.165) is 0 Å². The summed E-state index contributed by atoms with van der Waals surface area (Å²) in [6.45, 7) is 5.42. The normalized spacial score (nSPS) is 10.3. The van der Waals surface area contributed by atoms with Gasteiger partial charge < -0.3 is 9.84 Å². The summed E-state index contributed by atoms with van der Waals surface area (Å²) in [4.78, 5) is 11.1. The maximum atomic E-state index is 11.1. The second kappa shape index (κ2) is 3.38. The van der Waals surface area contributed by atoms with Gasteiger partial charge in [-0.3, -0.25) is 4.79 Å². The van der Waals surface area contributed by atoms with E-state index in [9.17, 15) is 4.79 Å². The zero-order valence-corrected chi connectivity index (χ0v) is 7.42. The highest BCUT2D eigenvalue weighted by atomic mass is 16.5. The fraction of sp³-hybridized carbons (Fsp3) is 0.500. The summed E-state index contributed by atoms with van der Waals surface area (Å²) in [7, 11) is 0. The molecule has 0 atom stereocenters. The van der Waals surface area contributed by atoms with E-state index < -0.39 is 0 Å². The van der Waals surface area contributed by atoms with Crippen LogP contribution in [0.25, 0.3) is 0 Å². The number of anilines is 1. The minimum atomic E-state index is -0.0525. The molecule has 0 unspecified atom stereocenters. The Balaban J connectivity index is 2.58. The first-order valence-corrected chi connectivity index (χ1v) is 3.84. The Bertz CT molecular complexity index is 278. The Morgan fingerprint density at radius 3 is 2.75 bits per heavy atom. The zero-order chi connectivity index (χ0) is 9.14. The lowest BCUT2D eigenvalue weighted by Crippen LogP contribution is -2.17. The SMILES string of the molecule is Cc1cc(NC(=O)C(C)C)no1. The van der Waals surface area contributed by atoms with Crippen LogP contribution in [0.3, 0.4) is 0 Å². The number of hydrogen-bond acceptors (Lipinski definition) is 3. The van der Waals surface area contributed by atoms with E-state index in [1.165, 1.54) is 0 Å². The van der Waals surface area contributed by atoms with Crippen molar-refractivity contribution in [3.63, 3.8) is 0 Å². The average Bonchev–Trinajstić information content (AvgIpc) is 2.35. The first-order valence-electron chi connectivity index (χ1n) is 3.84. The van der Waals surface area contributed by atoms with Gasteiger partial charge in [0.15, 0.2) is 5.82 Å². The van der Waals surface area contributed by atoms with E-state index >= 15 is 0 Å². The molecule has 0 aliphatic carbocycles. The van der Waals surface area contributed by atoms with Crippen molar-refractivity contribution in [2.45, 2.75) is 20.8 Å². The number of nitrogens with zero attached hydrogens (tertiary/aromatic N) is 1. The third-order valence-corrected chi connectivity index (χ3v) is 1.40. The van der Waals surface area contributed by atoms with Gasteiger partial charge in [0.1, 0.15) is 5.76 Å². The van der Waals surface area contributed by atoms with Crippen molar-refractivity contribution in [1.82, 2.24) is 5.16 Å². The number of amides is 1. The maximum absolute atomic E-state index is 11.1. The molecule has 0 aliphatic rings. The van der Waals surface area contributed by atoms with E-state index in [-0.39, 0.29) is 11.8 Å². The van der Waals surface area contributed by atoms with Crippen molar-refractivity contribution in [3.8, 4) is 0 Å². The Hall–Kier alpha value is -1.32. The molecule has 1 N–H and O–H groups in total. The molecule has 4 nitrogen and oxygen atoms in total. The molecule has 1 heterocycles. The first kappa shape index (κ1) is 8.77. The molecule has 0 aliphatic heterocycles. The quantitative estimate of drug-likeness (QED) is 0.729. The summed E-state index contributed by atoms with van der Waals surface area (Å²) in [6.07, 6.45) is 0. The lowest BCUT2D eigenvalue weighted by Gasteiger charge is -2.02. The van der Waals surface area contributed by atoms with Gasteiger partial charge in [-0.05, 0) is 6.92 Å². The van der Waals surface area contributed by atoms with Crippen molar-refractivity contribution in [3.05, 3.63) is 11.8 Å². The van der Waals surface area contributed by atoms with E-state index in [4.69, 9.17) is 4.52 Å². The van der Waals surface area contributed by atoms with Gasteiger partial charge in [0.25, 0.3) is 0 Å². The number of hydrogen-bond donors (Lipinski definition) is 1. The van der Waals surface area contributed by atoms with Gasteiger partial charge in [0.05, 0.1) is 0 Å². The standard InChI is InChI=1S/C8H12N2O2/c1-5(2)8(11)9-7-4-6(3)12-10-7/h4-5H,1-3H3,(H,9,10,11). The van der Waals surface area contributed by atoms with Crippen LogP contribution in [0.1, 0.15) is 19.6 Å². The van der Waals surface area contributed by atoms with Gasteiger partial charge in [0, 0.05) is 12.0 Å². The monoisotopic (exact) mass is 168 g/mol. The number of rotatable bonds is 2. The summed E-state index contributed by atoms with van der Waals surface area (Å²) < 4.78 is 4.78. The van der Waals surface area contributed by atoms with Crippen LogP contribution in [-0.4, -0.2) is 11.1 Å². The van der Waals surface area contributed by atoms with Gasteiger partial charge in [-0.15, -0.1) is 0 Å². The molecule has 12 heavy (non-hydrogen) atoms. The van der Waals surface area contributed by atoms with Crippen LogP contribution in [0.2, 0.25) is 0 Å². The Labute approximate surface area is 70.9 Å². The smallest absolute Gasteiger partial charge is 0.228 e. The minimum absolute atomic E-state index is 0.0398. The first-order chi connectivity index (χ1) is 5.59. The third-order valence-electron chi connectivity index (χ3n) is 1.40. The van der Waals surface area contributed by atoms with Gasteiger partial charge >= 0.3 is 0 Å². The van der Waals surface area contributed by atoms with Crippen LogP contribution in [0.4, 0.5) is 5.82 Å². The summed E-state index contributed by atoms with van der Waals surface area (Å²) in [5.74, 6) is 1.07. The van der Waals surface area contributed by atoms with Crippen molar-refractivity contribution in [2.75, 3.05) is 5.32 Å². The fourth-order valence-corrected chi connectivity index (χ4v) is 0.696. The van der Waals surface area contributed by atoms with E-state index in [1.54, 1.807) is 13.0 Å². The van der Waals surface area contributed by atoms with Crippen molar-refractivity contribution in [1.29, 1.82) is 0 Å². The van der Waals surface area contributed by atoms with Gasteiger partial charge in [-0.1, -0.05) is 19.0 Å². The van der Waals surface area contributed by atoms with Crippen LogP contribution >= 0.6 is 0 Å². The highest BCUT2D eigenvalue weighted by Gasteiger charge is 2.08. The van der Waals surface area contributed by atoms with E-state index in [0.29, 0.717) is 11.6 Å². The van der Waals surface area contributed by atoms with Crippen molar-refractivity contribution >= 4 is 11.7 Å². The third kappa shape index (κ3) is 2.08. The number of carbonyl (C=O) groups excluding carboxylic acids is 1. The number of aryl methyl sites for hydroxylation is 1. The topological polar surface area (TPSA) is 55.1 Å². The summed E-state index contributed by atoms with van der Waals surface area (Å²) in [6, 6.07) is 1.68.